The topological polar surface area (TPSA) is 52.6 Å². The van der Waals surface area contributed by atoms with Gasteiger partial charge >= 0.3 is 0 Å². The summed E-state index contributed by atoms with van der Waals surface area (Å²) in [6.07, 6.45) is 3.18. The van der Waals surface area contributed by atoms with Gasteiger partial charge in [-0.2, -0.15) is 0 Å². The summed E-state index contributed by atoms with van der Waals surface area (Å²) in [6, 6.07) is 5.29. The first kappa shape index (κ1) is 15.6. The number of amides is 1. The molecule has 1 saturated heterocycles. The van der Waals surface area contributed by atoms with Crippen LogP contribution in [0, 0.1) is 3.57 Å². The second kappa shape index (κ2) is 7.26. The number of nitrogens with one attached hydrogen (secondary N) is 1. The molecule has 0 saturated carbocycles. The first-order valence-corrected chi connectivity index (χ1v) is 8.19. The summed E-state index contributed by atoms with van der Waals surface area (Å²) in [6.45, 7) is 5.44. The molecule has 0 aliphatic carbocycles. The highest BCUT2D eigenvalue weighted by molar-refractivity contribution is 14.1. The third-order valence-corrected chi connectivity index (χ3v) is 4.58. The van der Waals surface area contributed by atoms with Crippen LogP contribution in [0.3, 0.4) is 0 Å². The number of piperidine rings is 1. The molecule has 0 radical (unpaired) electrons. The van der Waals surface area contributed by atoms with Gasteiger partial charge in [0.1, 0.15) is 5.75 Å². The van der Waals surface area contributed by atoms with E-state index in [-0.39, 0.29) is 17.7 Å². The second-order valence-corrected chi connectivity index (χ2v) is 6.42. The van der Waals surface area contributed by atoms with Crippen molar-refractivity contribution in [3.63, 3.8) is 0 Å². The van der Waals surface area contributed by atoms with Crippen molar-refractivity contribution in [2.45, 2.75) is 32.2 Å². The zero-order chi connectivity index (χ0) is 14.5. The number of likely N-dealkylation sites (tertiary alicyclic amines) is 1. The normalized spacial score (nSPS) is 17.1. The van der Waals surface area contributed by atoms with Crippen LogP contribution in [-0.2, 0) is 0 Å². The van der Waals surface area contributed by atoms with Gasteiger partial charge in [-0.25, -0.2) is 0 Å². The summed E-state index contributed by atoms with van der Waals surface area (Å²) < 4.78 is 0.757. The number of phenols is 1. The lowest BCUT2D eigenvalue weighted by Gasteiger charge is -2.32. The fourth-order valence-corrected chi connectivity index (χ4v) is 2.88. The number of hydrogen-bond acceptors (Lipinski definition) is 3. The predicted octanol–water partition coefficient (Wildman–Crippen LogP) is 2.60. The van der Waals surface area contributed by atoms with Crippen LogP contribution in [0.25, 0.3) is 0 Å². The fourth-order valence-electron chi connectivity index (χ4n) is 2.54. The maximum Gasteiger partial charge on any atom is 0.251 e. The molecule has 5 heteroatoms. The van der Waals surface area contributed by atoms with Crippen molar-refractivity contribution < 1.29 is 9.90 Å². The third-order valence-electron chi connectivity index (χ3n) is 3.67. The van der Waals surface area contributed by atoms with Crippen LogP contribution in [-0.4, -0.2) is 41.6 Å². The quantitative estimate of drug-likeness (QED) is 0.780. The van der Waals surface area contributed by atoms with Crippen molar-refractivity contribution >= 4 is 28.5 Å². The van der Waals surface area contributed by atoms with Gasteiger partial charge in [0.15, 0.2) is 0 Å². The van der Waals surface area contributed by atoms with E-state index in [0.717, 1.165) is 36.0 Å². The van der Waals surface area contributed by atoms with E-state index in [4.69, 9.17) is 0 Å². The molecule has 2 N–H and O–H groups in total. The first-order chi connectivity index (χ1) is 9.60. The highest BCUT2D eigenvalue weighted by Crippen LogP contribution is 2.20. The summed E-state index contributed by atoms with van der Waals surface area (Å²) >= 11 is 2.04. The van der Waals surface area contributed by atoms with Gasteiger partial charge in [0.25, 0.3) is 5.91 Å². The number of carbonyl (C=O) groups excluding carboxylic acids is 1. The number of aromatic hydroxyl groups is 1. The van der Waals surface area contributed by atoms with Crippen molar-refractivity contribution in [2.75, 3.05) is 19.6 Å². The summed E-state index contributed by atoms with van der Waals surface area (Å²) in [5.41, 5.74) is 0.527. The lowest BCUT2D eigenvalue weighted by Crippen LogP contribution is -2.44. The molecule has 0 aromatic heterocycles. The number of halogens is 1. The molecule has 0 spiro atoms. The van der Waals surface area contributed by atoms with Crippen molar-refractivity contribution in [3.8, 4) is 5.75 Å². The van der Waals surface area contributed by atoms with Gasteiger partial charge in [0, 0.05) is 24.7 Å². The molecule has 20 heavy (non-hydrogen) atoms. The average molecular weight is 388 g/mol. The minimum atomic E-state index is -0.0920. The van der Waals surface area contributed by atoms with Gasteiger partial charge < -0.3 is 15.3 Å². The van der Waals surface area contributed by atoms with Gasteiger partial charge in [0.2, 0.25) is 0 Å². The minimum Gasteiger partial charge on any atom is -0.507 e. The Balaban J connectivity index is 1.87. The molecule has 1 aromatic carbocycles. The zero-order valence-electron chi connectivity index (χ0n) is 11.7. The number of benzene rings is 1. The first-order valence-electron chi connectivity index (χ1n) is 7.12. The Morgan fingerprint density at radius 3 is 2.75 bits per heavy atom. The number of phenolic OH excluding ortho intramolecular Hbond substituents is 1. The van der Waals surface area contributed by atoms with Gasteiger partial charge in [-0.05, 0) is 66.6 Å². The Morgan fingerprint density at radius 2 is 2.15 bits per heavy atom. The summed E-state index contributed by atoms with van der Waals surface area (Å²) in [5, 5.41) is 12.7. The molecular weight excluding hydrogens is 367 g/mol. The van der Waals surface area contributed by atoms with Crippen LogP contribution in [0.2, 0.25) is 0 Å². The number of rotatable bonds is 4. The van der Waals surface area contributed by atoms with E-state index in [0.29, 0.717) is 5.56 Å². The van der Waals surface area contributed by atoms with E-state index in [9.17, 15) is 9.90 Å². The highest BCUT2D eigenvalue weighted by Gasteiger charge is 2.20. The van der Waals surface area contributed by atoms with Crippen molar-refractivity contribution in [1.82, 2.24) is 10.2 Å². The summed E-state index contributed by atoms with van der Waals surface area (Å²) in [4.78, 5) is 14.6. The largest absolute Gasteiger partial charge is 0.507 e. The van der Waals surface area contributed by atoms with Crippen molar-refractivity contribution in [3.05, 3.63) is 27.3 Å². The van der Waals surface area contributed by atoms with Crippen LogP contribution < -0.4 is 5.32 Å². The Bertz CT molecular complexity index is 471. The Labute approximate surface area is 133 Å². The third kappa shape index (κ3) is 4.09. The average Bonchev–Trinajstić information content (AvgIpc) is 2.44. The van der Waals surface area contributed by atoms with Crippen molar-refractivity contribution in [1.29, 1.82) is 0 Å². The molecule has 4 nitrogen and oxygen atoms in total. The number of nitrogens with zero attached hydrogens (tertiary/aromatic N) is 1. The van der Waals surface area contributed by atoms with Crippen LogP contribution >= 0.6 is 22.6 Å². The van der Waals surface area contributed by atoms with E-state index in [1.54, 1.807) is 12.1 Å². The van der Waals surface area contributed by atoms with Gasteiger partial charge in [-0.3, -0.25) is 4.79 Å². The van der Waals surface area contributed by atoms with Gasteiger partial charge in [-0.1, -0.05) is 6.92 Å². The van der Waals surface area contributed by atoms with E-state index < -0.39 is 0 Å². The van der Waals surface area contributed by atoms with E-state index in [1.165, 1.54) is 12.5 Å². The molecule has 1 fully saturated rings. The van der Waals surface area contributed by atoms with Crippen LogP contribution in [0.15, 0.2) is 18.2 Å². The van der Waals surface area contributed by atoms with E-state index >= 15 is 0 Å². The molecular formula is C15H21IN2O2. The molecule has 1 amide bonds. The van der Waals surface area contributed by atoms with E-state index in [2.05, 4.69) is 17.1 Å². The molecule has 1 aromatic rings. The fraction of sp³-hybridized carbons (Fsp3) is 0.533. The maximum atomic E-state index is 12.1. The van der Waals surface area contributed by atoms with Crippen molar-refractivity contribution in [2.24, 2.45) is 0 Å². The Hall–Kier alpha value is -0.820. The number of carbonyl (C=O) groups is 1. The summed E-state index contributed by atoms with van der Waals surface area (Å²) in [5.74, 6) is 0.0710. The molecule has 0 bridgehead atoms. The van der Waals surface area contributed by atoms with E-state index in [1.807, 2.05) is 22.6 Å². The van der Waals surface area contributed by atoms with Crippen LogP contribution in [0.1, 0.15) is 36.5 Å². The molecule has 1 aliphatic rings. The smallest absolute Gasteiger partial charge is 0.251 e. The Morgan fingerprint density at radius 1 is 1.45 bits per heavy atom. The molecule has 110 valence electrons. The van der Waals surface area contributed by atoms with Crippen LogP contribution in [0.5, 0.6) is 5.75 Å². The van der Waals surface area contributed by atoms with Gasteiger partial charge in [-0.15, -0.1) is 0 Å². The molecule has 0 unspecified atom stereocenters. The predicted molar refractivity (Wildman–Crippen MR) is 88.0 cm³/mol. The monoisotopic (exact) mass is 388 g/mol. The minimum absolute atomic E-state index is 0.0920. The Kier molecular flexibility index (Phi) is 5.65. The molecule has 0 atom stereocenters. The SMILES string of the molecule is CCCN1CCC(NC(=O)c2ccc(I)c(O)c2)CC1. The summed E-state index contributed by atoms with van der Waals surface area (Å²) in [7, 11) is 0. The molecule has 1 aliphatic heterocycles. The van der Waals surface area contributed by atoms with Gasteiger partial charge in [0.05, 0.1) is 3.57 Å². The molecule has 2 rings (SSSR count). The number of hydrogen-bond donors (Lipinski definition) is 2. The zero-order valence-corrected chi connectivity index (χ0v) is 13.9. The second-order valence-electron chi connectivity index (χ2n) is 5.26. The standard InChI is InChI=1S/C15H21IN2O2/c1-2-7-18-8-5-12(6-9-18)17-15(20)11-3-4-13(16)14(19)10-11/h3-4,10,12,19H,2,5-9H2,1H3,(H,17,20). The molecule has 1 heterocycles. The lowest BCUT2D eigenvalue weighted by molar-refractivity contribution is 0.0910. The van der Waals surface area contributed by atoms with Crippen LogP contribution in [0.4, 0.5) is 0 Å². The lowest BCUT2D eigenvalue weighted by atomic mass is 10.0. The maximum absolute atomic E-state index is 12.1. The highest BCUT2D eigenvalue weighted by atomic mass is 127.